The molecule has 2 aromatic carbocycles. The lowest BCUT2D eigenvalue weighted by Crippen LogP contribution is -2.40. The van der Waals surface area contributed by atoms with Gasteiger partial charge in [-0.1, -0.05) is 6.07 Å². The van der Waals surface area contributed by atoms with E-state index < -0.39 is 17.2 Å². The molecule has 0 spiro atoms. The summed E-state index contributed by atoms with van der Waals surface area (Å²) >= 11 is 0. The van der Waals surface area contributed by atoms with Crippen LogP contribution in [0, 0.1) is 11.6 Å². The third kappa shape index (κ3) is 4.59. The molecule has 0 unspecified atom stereocenters. The van der Waals surface area contributed by atoms with Gasteiger partial charge in [0.25, 0.3) is 11.5 Å². The summed E-state index contributed by atoms with van der Waals surface area (Å²) in [5.74, 6) is -2.14. The standard InChI is InChI=1S/C22H20F2N4O4/c1-27-22(30)20(19(13-25-27)32-18-6-5-15(23)12-17(18)24)26-16-4-2-3-14(11-16)21(29)28-7-9-31-10-8-28/h2-6,11-13,26H,7-10H2,1H3. The lowest BCUT2D eigenvalue weighted by molar-refractivity contribution is 0.0303. The highest BCUT2D eigenvalue weighted by atomic mass is 19.1. The van der Waals surface area contributed by atoms with Gasteiger partial charge in [-0.15, -0.1) is 0 Å². The molecule has 166 valence electrons. The van der Waals surface area contributed by atoms with Crippen molar-refractivity contribution >= 4 is 17.3 Å². The zero-order valence-corrected chi connectivity index (χ0v) is 17.2. The summed E-state index contributed by atoms with van der Waals surface area (Å²) in [5, 5.41) is 6.84. The largest absolute Gasteiger partial charge is 0.450 e. The molecule has 32 heavy (non-hydrogen) atoms. The highest BCUT2D eigenvalue weighted by molar-refractivity contribution is 5.95. The van der Waals surface area contributed by atoms with Gasteiger partial charge in [0, 0.05) is 37.5 Å². The lowest BCUT2D eigenvalue weighted by atomic mass is 10.1. The molecule has 4 rings (SSSR count). The third-order valence-corrected chi connectivity index (χ3v) is 4.89. The number of benzene rings is 2. The lowest BCUT2D eigenvalue weighted by Gasteiger charge is -2.27. The average molecular weight is 442 g/mol. The summed E-state index contributed by atoms with van der Waals surface area (Å²) < 4.78 is 39.1. The smallest absolute Gasteiger partial charge is 0.294 e. The van der Waals surface area contributed by atoms with Gasteiger partial charge in [0.1, 0.15) is 5.82 Å². The zero-order valence-electron chi connectivity index (χ0n) is 17.2. The maximum absolute atomic E-state index is 14.1. The van der Waals surface area contributed by atoms with E-state index in [0.29, 0.717) is 43.6 Å². The maximum atomic E-state index is 14.1. The van der Waals surface area contributed by atoms with Crippen LogP contribution in [0.2, 0.25) is 0 Å². The van der Waals surface area contributed by atoms with Crippen LogP contribution >= 0.6 is 0 Å². The Morgan fingerprint density at radius 3 is 2.66 bits per heavy atom. The van der Waals surface area contributed by atoms with E-state index in [4.69, 9.17) is 9.47 Å². The fourth-order valence-electron chi connectivity index (χ4n) is 3.22. The Balaban J connectivity index is 1.63. The Kier molecular flexibility index (Phi) is 6.13. The fraction of sp³-hybridized carbons (Fsp3) is 0.227. The van der Waals surface area contributed by atoms with Gasteiger partial charge in [0.2, 0.25) is 0 Å². The average Bonchev–Trinajstić information content (AvgIpc) is 2.80. The minimum Gasteiger partial charge on any atom is -0.450 e. The van der Waals surface area contributed by atoms with Crippen molar-refractivity contribution in [1.29, 1.82) is 0 Å². The van der Waals surface area contributed by atoms with E-state index in [9.17, 15) is 18.4 Å². The molecule has 2 heterocycles. The topological polar surface area (TPSA) is 85.7 Å². The van der Waals surface area contributed by atoms with E-state index >= 15 is 0 Å². The first-order valence-electron chi connectivity index (χ1n) is 9.85. The Hall–Kier alpha value is -3.79. The highest BCUT2D eigenvalue weighted by Crippen LogP contribution is 2.30. The van der Waals surface area contributed by atoms with E-state index in [1.807, 2.05) is 0 Å². The number of aromatic nitrogens is 2. The number of amides is 1. The molecule has 0 saturated carbocycles. The molecule has 3 aromatic rings. The second-order valence-corrected chi connectivity index (χ2v) is 7.10. The number of halogens is 2. The molecule has 1 aliphatic rings. The summed E-state index contributed by atoms with van der Waals surface area (Å²) in [4.78, 5) is 27.2. The van der Waals surface area contributed by atoms with E-state index in [1.54, 1.807) is 29.2 Å². The number of nitrogens with zero attached hydrogens (tertiary/aromatic N) is 3. The van der Waals surface area contributed by atoms with Crippen molar-refractivity contribution < 1.29 is 23.0 Å². The zero-order chi connectivity index (χ0) is 22.7. The van der Waals surface area contributed by atoms with Gasteiger partial charge in [-0.3, -0.25) is 9.59 Å². The van der Waals surface area contributed by atoms with Crippen molar-refractivity contribution in [2.24, 2.45) is 7.05 Å². The van der Waals surface area contributed by atoms with Crippen LogP contribution in [0.4, 0.5) is 20.2 Å². The van der Waals surface area contributed by atoms with Gasteiger partial charge in [-0.05, 0) is 30.3 Å². The third-order valence-electron chi connectivity index (χ3n) is 4.89. The molecule has 1 fully saturated rings. The van der Waals surface area contributed by atoms with Crippen molar-refractivity contribution in [1.82, 2.24) is 14.7 Å². The van der Waals surface area contributed by atoms with Gasteiger partial charge in [0.05, 0.1) is 19.4 Å². The van der Waals surface area contributed by atoms with E-state index in [-0.39, 0.29) is 23.1 Å². The van der Waals surface area contributed by atoms with Gasteiger partial charge >= 0.3 is 0 Å². The fourth-order valence-corrected chi connectivity index (χ4v) is 3.22. The molecular formula is C22H20F2N4O4. The van der Waals surface area contributed by atoms with E-state index in [2.05, 4.69) is 10.4 Å². The monoisotopic (exact) mass is 442 g/mol. The van der Waals surface area contributed by atoms with Crippen molar-refractivity contribution in [2.75, 3.05) is 31.6 Å². The molecule has 0 radical (unpaired) electrons. The van der Waals surface area contributed by atoms with Crippen LogP contribution in [0.5, 0.6) is 11.5 Å². The minimum absolute atomic E-state index is 0.0119. The van der Waals surface area contributed by atoms with Crippen LogP contribution < -0.4 is 15.6 Å². The Bertz CT molecular complexity index is 1210. The van der Waals surface area contributed by atoms with Crippen LogP contribution in [0.25, 0.3) is 0 Å². The molecule has 8 nitrogen and oxygen atoms in total. The maximum Gasteiger partial charge on any atom is 0.294 e. The summed E-state index contributed by atoms with van der Waals surface area (Å²) in [6.07, 6.45) is 1.25. The number of carbonyl (C=O) groups excluding carboxylic acids is 1. The number of carbonyl (C=O) groups is 1. The first-order chi connectivity index (χ1) is 15.4. The number of ether oxygens (including phenoxy) is 2. The number of nitrogens with one attached hydrogen (secondary N) is 1. The van der Waals surface area contributed by atoms with Gasteiger partial charge < -0.3 is 19.7 Å². The van der Waals surface area contributed by atoms with Crippen LogP contribution in [0.1, 0.15) is 10.4 Å². The van der Waals surface area contributed by atoms with Crippen molar-refractivity contribution in [3.8, 4) is 11.5 Å². The molecule has 1 aromatic heterocycles. The Labute approximate surface area is 182 Å². The molecule has 1 aliphatic heterocycles. The molecule has 1 N–H and O–H groups in total. The van der Waals surface area contributed by atoms with E-state index in [1.165, 1.54) is 13.2 Å². The van der Waals surface area contributed by atoms with Gasteiger partial charge in [-0.2, -0.15) is 5.10 Å². The summed E-state index contributed by atoms with van der Waals surface area (Å²) in [7, 11) is 1.45. The van der Waals surface area contributed by atoms with Crippen LogP contribution in [0.3, 0.4) is 0 Å². The number of rotatable bonds is 5. The minimum atomic E-state index is -0.922. The van der Waals surface area contributed by atoms with Crippen LogP contribution in [-0.2, 0) is 11.8 Å². The number of hydrogen-bond acceptors (Lipinski definition) is 6. The predicted octanol–water partition coefficient (Wildman–Crippen LogP) is 3.07. The number of morpholine rings is 1. The molecule has 0 bridgehead atoms. The Morgan fingerprint density at radius 2 is 1.91 bits per heavy atom. The molecule has 1 saturated heterocycles. The number of anilines is 2. The van der Waals surface area contributed by atoms with Gasteiger partial charge in [-0.25, -0.2) is 13.5 Å². The second-order valence-electron chi connectivity index (χ2n) is 7.10. The SMILES string of the molecule is Cn1ncc(Oc2ccc(F)cc2F)c(Nc2cccc(C(=O)N3CCOCC3)c2)c1=O. The van der Waals surface area contributed by atoms with E-state index in [0.717, 1.165) is 16.8 Å². The van der Waals surface area contributed by atoms with Crippen LogP contribution in [-0.4, -0.2) is 46.9 Å². The van der Waals surface area contributed by atoms with Gasteiger partial charge in [0.15, 0.2) is 23.0 Å². The molecule has 0 atom stereocenters. The molecular weight excluding hydrogens is 422 g/mol. The quantitative estimate of drug-likeness (QED) is 0.654. The number of hydrogen-bond donors (Lipinski definition) is 1. The summed E-state index contributed by atoms with van der Waals surface area (Å²) in [6, 6.07) is 9.49. The first kappa shape index (κ1) is 21.4. The van der Waals surface area contributed by atoms with Crippen LogP contribution in [0.15, 0.2) is 53.5 Å². The highest BCUT2D eigenvalue weighted by Gasteiger charge is 2.20. The normalized spacial score (nSPS) is 13.7. The summed E-state index contributed by atoms with van der Waals surface area (Å²) in [5.41, 5.74) is 0.351. The predicted molar refractivity (Wildman–Crippen MR) is 112 cm³/mol. The molecule has 1 amide bonds. The molecule has 0 aliphatic carbocycles. The second kappa shape index (κ2) is 9.15. The summed E-state index contributed by atoms with van der Waals surface area (Å²) in [6.45, 7) is 1.97. The molecule has 10 heteroatoms. The van der Waals surface area contributed by atoms with Crippen molar-refractivity contribution in [3.05, 3.63) is 76.2 Å². The Morgan fingerprint density at radius 1 is 1.12 bits per heavy atom. The van der Waals surface area contributed by atoms with Crippen molar-refractivity contribution in [3.63, 3.8) is 0 Å². The number of aryl methyl sites for hydroxylation is 1. The first-order valence-corrected chi connectivity index (χ1v) is 9.85. The van der Waals surface area contributed by atoms with Crippen molar-refractivity contribution in [2.45, 2.75) is 0 Å².